The summed E-state index contributed by atoms with van der Waals surface area (Å²) in [6.45, 7) is 0.740. The second-order valence-electron chi connectivity index (χ2n) is 5.34. The number of ketones is 1. The van der Waals surface area contributed by atoms with E-state index < -0.39 is 18.2 Å². The number of benzene rings is 2. The van der Waals surface area contributed by atoms with Gasteiger partial charge in [0.25, 0.3) is 0 Å². The second-order valence-corrected chi connectivity index (χ2v) is 5.78. The molecule has 114 valence electrons. The maximum Gasteiger partial charge on any atom is 0.191 e. The fourth-order valence-electron chi connectivity index (χ4n) is 2.79. The number of carbonyl (C=O) groups is 1. The minimum absolute atomic E-state index is 0.0696. The molecule has 0 saturated carbocycles. The van der Waals surface area contributed by atoms with Gasteiger partial charge in [-0.15, -0.1) is 0 Å². The number of nitrogens with zero attached hydrogens (tertiary/aromatic N) is 1. The minimum Gasteiger partial charge on any atom is -0.388 e. The number of aliphatic hydroxyl groups excluding tert-OH is 1. The summed E-state index contributed by atoms with van der Waals surface area (Å²) in [4.78, 5) is 13.5. The molecule has 0 spiro atoms. The molecule has 3 rings (SSSR count). The van der Waals surface area contributed by atoms with Gasteiger partial charge in [0.15, 0.2) is 5.78 Å². The van der Waals surface area contributed by atoms with Gasteiger partial charge in [0.2, 0.25) is 0 Å². The third-order valence-corrected chi connectivity index (χ3v) is 4.12. The molecule has 1 heterocycles. The Kier molecular flexibility index (Phi) is 4.14. The van der Waals surface area contributed by atoms with Gasteiger partial charge in [-0.3, -0.25) is 4.79 Å². The van der Waals surface area contributed by atoms with Crippen molar-refractivity contribution in [1.29, 1.82) is 0 Å². The largest absolute Gasteiger partial charge is 0.388 e. The van der Waals surface area contributed by atoms with Gasteiger partial charge >= 0.3 is 0 Å². The molecule has 22 heavy (non-hydrogen) atoms. The van der Waals surface area contributed by atoms with Crippen molar-refractivity contribution >= 4 is 23.1 Å². The van der Waals surface area contributed by atoms with Crippen LogP contribution in [-0.4, -0.2) is 24.0 Å². The molecule has 0 atom stereocenters. The molecular weight excluding hydrogens is 305 g/mol. The molecule has 1 aliphatic rings. The van der Waals surface area contributed by atoms with Crippen molar-refractivity contribution in [2.24, 2.45) is 0 Å². The number of halogens is 2. The van der Waals surface area contributed by atoms with Gasteiger partial charge in [0.1, 0.15) is 12.4 Å². The van der Waals surface area contributed by atoms with Gasteiger partial charge in [0, 0.05) is 23.8 Å². The molecule has 0 bridgehead atoms. The van der Waals surface area contributed by atoms with E-state index in [9.17, 15) is 9.18 Å². The first kappa shape index (κ1) is 15.0. The molecule has 0 radical (unpaired) electrons. The molecule has 5 heteroatoms. The summed E-state index contributed by atoms with van der Waals surface area (Å²) in [5, 5.41) is 9.53. The summed E-state index contributed by atoms with van der Waals surface area (Å²) in [7, 11) is 0. The molecule has 0 fully saturated rings. The third kappa shape index (κ3) is 2.85. The second kappa shape index (κ2) is 6.07. The van der Waals surface area contributed by atoms with Crippen LogP contribution in [0.5, 0.6) is 0 Å². The Morgan fingerprint density at radius 3 is 2.82 bits per heavy atom. The molecule has 0 unspecified atom stereocenters. The van der Waals surface area contributed by atoms with E-state index in [4.69, 9.17) is 16.7 Å². The number of aliphatic hydroxyl groups is 1. The van der Waals surface area contributed by atoms with Crippen LogP contribution in [0.3, 0.4) is 0 Å². The minimum atomic E-state index is -0.684. The highest BCUT2D eigenvalue weighted by atomic mass is 35.5. The number of Topliss-reactive ketones (excluding diaryl/α,β-unsaturated/α-hetero) is 1. The van der Waals surface area contributed by atoms with Crippen LogP contribution in [-0.2, 0) is 13.0 Å². The lowest BCUT2D eigenvalue weighted by atomic mass is 10.1. The van der Waals surface area contributed by atoms with Crippen molar-refractivity contribution in [3.8, 4) is 0 Å². The summed E-state index contributed by atoms with van der Waals surface area (Å²) in [6.07, 6.45) is 0.916. The van der Waals surface area contributed by atoms with Gasteiger partial charge < -0.3 is 10.0 Å². The normalized spacial score (nSPS) is 13.3. The lowest BCUT2D eigenvalue weighted by Gasteiger charge is -2.19. The number of carbonyl (C=O) groups excluding carboxylic acids is 1. The van der Waals surface area contributed by atoms with Crippen LogP contribution in [0.25, 0.3) is 0 Å². The molecular formula is C17H15ClFNO2. The molecule has 2 aromatic carbocycles. The Bertz CT molecular complexity index is 733. The quantitative estimate of drug-likeness (QED) is 0.880. The van der Waals surface area contributed by atoms with Gasteiger partial charge in [-0.2, -0.15) is 0 Å². The molecule has 0 aromatic heterocycles. The Balaban J connectivity index is 1.81. The zero-order chi connectivity index (χ0) is 15.7. The number of hydrogen-bond acceptors (Lipinski definition) is 3. The Morgan fingerprint density at radius 1 is 1.27 bits per heavy atom. The lowest BCUT2D eigenvalue weighted by Crippen LogP contribution is -2.20. The molecule has 2 aromatic rings. The van der Waals surface area contributed by atoms with E-state index in [2.05, 4.69) is 4.90 Å². The fourth-order valence-corrected chi connectivity index (χ4v) is 2.99. The monoisotopic (exact) mass is 319 g/mol. The smallest absolute Gasteiger partial charge is 0.191 e. The highest BCUT2D eigenvalue weighted by molar-refractivity contribution is 6.30. The molecule has 0 saturated heterocycles. The Hall–Kier alpha value is -1.91. The predicted molar refractivity (Wildman–Crippen MR) is 84.0 cm³/mol. The van der Waals surface area contributed by atoms with Crippen LogP contribution in [0.1, 0.15) is 21.5 Å². The molecule has 0 aliphatic carbocycles. The Labute approximate surface area is 132 Å². The van der Waals surface area contributed by atoms with Crippen molar-refractivity contribution in [2.75, 3.05) is 18.1 Å². The summed E-state index contributed by atoms with van der Waals surface area (Å²) in [5.74, 6) is -1.20. The van der Waals surface area contributed by atoms with E-state index in [-0.39, 0.29) is 5.56 Å². The van der Waals surface area contributed by atoms with Gasteiger partial charge in [0.05, 0.1) is 5.56 Å². The fraction of sp³-hybridized carbons (Fsp3) is 0.235. The number of anilines is 1. The maximum atomic E-state index is 13.9. The summed E-state index contributed by atoms with van der Waals surface area (Å²) < 4.78 is 13.9. The van der Waals surface area contributed by atoms with Crippen LogP contribution in [0.15, 0.2) is 36.4 Å². The van der Waals surface area contributed by atoms with E-state index in [1.807, 2.05) is 18.2 Å². The molecule has 3 nitrogen and oxygen atoms in total. The van der Waals surface area contributed by atoms with Crippen LogP contribution < -0.4 is 4.90 Å². The molecule has 0 amide bonds. The number of rotatable bonds is 4. The van der Waals surface area contributed by atoms with E-state index in [0.29, 0.717) is 6.54 Å². The standard InChI is InChI=1S/C17H15ClFNO2/c18-13-2-4-16-12(8-13)5-6-20(16)9-11-1-3-14(15(19)7-11)17(22)10-21/h1-4,7-8,21H,5-6,9-10H2. The number of fused-ring (bicyclic) bond motifs is 1. The van der Waals surface area contributed by atoms with Crippen molar-refractivity contribution in [3.63, 3.8) is 0 Å². The summed E-state index contributed by atoms with van der Waals surface area (Å²) >= 11 is 5.99. The first-order valence-electron chi connectivity index (χ1n) is 7.04. The molecule has 1 aliphatic heterocycles. The van der Waals surface area contributed by atoms with E-state index in [1.54, 1.807) is 6.07 Å². The van der Waals surface area contributed by atoms with Crippen molar-refractivity contribution in [3.05, 3.63) is 63.9 Å². The summed E-state index contributed by atoms with van der Waals surface area (Å²) in [6, 6.07) is 10.3. The first-order valence-corrected chi connectivity index (χ1v) is 7.42. The van der Waals surface area contributed by atoms with E-state index in [1.165, 1.54) is 17.7 Å². The highest BCUT2D eigenvalue weighted by Gasteiger charge is 2.20. The topological polar surface area (TPSA) is 40.5 Å². The van der Waals surface area contributed by atoms with E-state index >= 15 is 0 Å². The van der Waals surface area contributed by atoms with Crippen LogP contribution >= 0.6 is 11.6 Å². The van der Waals surface area contributed by atoms with Crippen molar-refractivity contribution in [1.82, 2.24) is 0 Å². The van der Waals surface area contributed by atoms with Crippen LogP contribution in [0.4, 0.5) is 10.1 Å². The van der Waals surface area contributed by atoms with Gasteiger partial charge in [-0.25, -0.2) is 4.39 Å². The molecule has 1 N–H and O–H groups in total. The highest BCUT2D eigenvalue weighted by Crippen LogP contribution is 2.31. The maximum absolute atomic E-state index is 13.9. The SMILES string of the molecule is O=C(CO)c1ccc(CN2CCc3cc(Cl)ccc32)cc1F. The van der Waals surface area contributed by atoms with Crippen molar-refractivity contribution in [2.45, 2.75) is 13.0 Å². The zero-order valence-electron chi connectivity index (χ0n) is 11.9. The number of hydrogen-bond donors (Lipinski definition) is 1. The summed E-state index contributed by atoms with van der Waals surface area (Å²) in [5.41, 5.74) is 3.02. The lowest BCUT2D eigenvalue weighted by molar-refractivity contribution is 0.0899. The zero-order valence-corrected chi connectivity index (χ0v) is 12.6. The van der Waals surface area contributed by atoms with Gasteiger partial charge in [-0.05, 0) is 47.9 Å². The van der Waals surface area contributed by atoms with Gasteiger partial charge in [-0.1, -0.05) is 17.7 Å². The third-order valence-electron chi connectivity index (χ3n) is 3.88. The average Bonchev–Trinajstić information content (AvgIpc) is 2.89. The Morgan fingerprint density at radius 2 is 2.09 bits per heavy atom. The predicted octanol–water partition coefficient (Wildman–Crippen LogP) is 3.22. The van der Waals surface area contributed by atoms with E-state index in [0.717, 1.165) is 29.2 Å². The van der Waals surface area contributed by atoms with Crippen molar-refractivity contribution < 1.29 is 14.3 Å². The van der Waals surface area contributed by atoms with Crippen LogP contribution in [0.2, 0.25) is 5.02 Å². The average molecular weight is 320 g/mol. The first-order chi connectivity index (χ1) is 10.6. The van der Waals surface area contributed by atoms with Crippen LogP contribution in [0, 0.1) is 5.82 Å².